The molecule has 0 saturated heterocycles. The number of benzene rings is 1. The van der Waals surface area contributed by atoms with E-state index in [4.69, 9.17) is 11.6 Å². The minimum absolute atomic E-state index is 0.275. The number of para-hydroxylation sites is 2. The zero-order valence-corrected chi connectivity index (χ0v) is 10.6. The zero-order valence-electron chi connectivity index (χ0n) is 9.81. The Morgan fingerprint density at radius 2 is 2.12 bits per heavy atom. The maximum absolute atomic E-state index is 5.87. The van der Waals surface area contributed by atoms with Gasteiger partial charge in [0, 0.05) is 26.0 Å². The van der Waals surface area contributed by atoms with Gasteiger partial charge in [-0.3, -0.25) is 0 Å². The van der Waals surface area contributed by atoms with Crippen LogP contribution in [0.3, 0.4) is 0 Å². The number of anilines is 1. The first-order chi connectivity index (χ1) is 7.65. The van der Waals surface area contributed by atoms with Gasteiger partial charge in [0.05, 0.1) is 11.0 Å². The maximum atomic E-state index is 5.87. The summed E-state index contributed by atoms with van der Waals surface area (Å²) in [4.78, 5) is 6.72. The summed E-state index contributed by atoms with van der Waals surface area (Å²) in [5.41, 5.74) is 2.17. The normalized spacial score (nSPS) is 13.0. The van der Waals surface area contributed by atoms with E-state index in [1.54, 1.807) is 0 Å². The van der Waals surface area contributed by atoms with Gasteiger partial charge >= 0.3 is 0 Å². The van der Waals surface area contributed by atoms with E-state index in [0.29, 0.717) is 5.88 Å². The van der Waals surface area contributed by atoms with E-state index in [1.165, 1.54) is 0 Å². The molecule has 0 fully saturated rings. The molecule has 0 spiro atoms. The molecule has 0 amide bonds. The summed E-state index contributed by atoms with van der Waals surface area (Å²) in [6.07, 6.45) is 0. The smallest absolute Gasteiger partial charge is 0.206 e. The third-order valence-electron chi connectivity index (χ3n) is 2.96. The Balaban J connectivity index is 2.49. The molecule has 4 heteroatoms. The largest absolute Gasteiger partial charge is 0.341 e. The lowest BCUT2D eigenvalue weighted by Gasteiger charge is -2.23. The average molecular weight is 238 g/mol. The van der Waals surface area contributed by atoms with Crippen LogP contribution >= 0.6 is 11.6 Å². The fourth-order valence-electron chi connectivity index (χ4n) is 1.75. The number of alkyl halides is 1. The van der Waals surface area contributed by atoms with Gasteiger partial charge in [0.25, 0.3) is 0 Å². The summed E-state index contributed by atoms with van der Waals surface area (Å²) in [6, 6.07) is 8.41. The lowest BCUT2D eigenvalue weighted by molar-refractivity contribution is 0.717. The Labute approximate surface area is 101 Å². The second-order valence-corrected chi connectivity index (χ2v) is 4.38. The zero-order chi connectivity index (χ0) is 11.7. The highest BCUT2D eigenvalue weighted by atomic mass is 35.5. The predicted octanol–water partition coefficient (Wildman–Crippen LogP) is 2.64. The van der Waals surface area contributed by atoms with Crippen LogP contribution in [0.1, 0.15) is 6.92 Å². The Hall–Kier alpha value is -1.22. The van der Waals surface area contributed by atoms with E-state index in [0.717, 1.165) is 17.0 Å². The van der Waals surface area contributed by atoms with Crippen LogP contribution in [0.4, 0.5) is 5.95 Å². The number of fused-ring (bicyclic) bond motifs is 1. The van der Waals surface area contributed by atoms with Crippen molar-refractivity contribution in [3.05, 3.63) is 24.3 Å². The predicted molar refractivity (Wildman–Crippen MR) is 69.3 cm³/mol. The van der Waals surface area contributed by atoms with Gasteiger partial charge in [-0.25, -0.2) is 4.98 Å². The summed E-state index contributed by atoms with van der Waals surface area (Å²) in [5.74, 6) is 1.55. The monoisotopic (exact) mass is 237 g/mol. The molecule has 1 aromatic heterocycles. The van der Waals surface area contributed by atoms with E-state index in [9.17, 15) is 0 Å². The van der Waals surface area contributed by atoms with Gasteiger partial charge in [-0.05, 0) is 19.1 Å². The molecule has 0 N–H and O–H groups in total. The molecule has 0 aliphatic carbocycles. The summed E-state index contributed by atoms with van der Waals surface area (Å²) >= 11 is 5.87. The fraction of sp³-hybridized carbons (Fsp3) is 0.417. The number of hydrogen-bond acceptors (Lipinski definition) is 2. The fourth-order valence-corrected chi connectivity index (χ4v) is 1.96. The van der Waals surface area contributed by atoms with Crippen LogP contribution in [0.15, 0.2) is 24.3 Å². The minimum atomic E-state index is 0.275. The van der Waals surface area contributed by atoms with Crippen LogP contribution in [0.25, 0.3) is 11.0 Å². The van der Waals surface area contributed by atoms with E-state index in [2.05, 4.69) is 27.4 Å². The van der Waals surface area contributed by atoms with Crippen molar-refractivity contribution in [3.63, 3.8) is 0 Å². The van der Waals surface area contributed by atoms with Gasteiger partial charge in [0.1, 0.15) is 0 Å². The lowest BCUT2D eigenvalue weighted by atomic mass is 10.3. The van der Waals surface area contributed by atoms with Crippen LogP contribution < -0.4 is 4.90 Å². The summed E-state index contributed by atoms with van der Waals surface area (Å²) in [6.45, 7) is 2.09. The lowest BCUT2D eigenvalue weighted by Crippen LogP contribution is -2.32. The van der Waals surface area contributed by atoms with Crippen molar-refractivity contribution in [2.45, 2.75) is 13.0 Å². The average Bonchev–Trinajstić information content (AvgIpc) is 2.65. The van der Waals surface area contributed by atoms with Gasteiger partial charge < -0.3 is 9.47 Å². The van der Waals surface area contributed by atoms with Crippen molar-refractivity contribution in [2.24, 2.45) is 7.05 Å². The molecular weight excluding hydrogens is 222 g/mol. The summed E-state index contributed by atoms with van der Waals surface area (Å²) in [5, 5.41) is 0. The first kappa shape index (κ1) is 11.3. The molecule has 2 aromatic rings. The molecule has 0 aliphatic rings. The number of nitrogens with zero attached hydrogens (tertiary/aromatic N) is 3. The van der Waals surface area contributed by atoms with Crippen molar-refractivity contribution in [1.82, 2.24) is 9.55 Å². The summed E-state index contributed by atoms with van der Waals surface area (Å²) < 4.78 is 2.10. The van der Waals surface area contributed by atoms with Crippen molar-refractivity contribution >= 4 is 28.6 Å². The molecule has 0 bridgehead atoms. The van der Waals surface area contributed by atoms with Crippen LogP contribution in [-0.4, -0.2) is 28.5 Å². The maximum Gasteiger partial charge on any atom is 0.206 e. The SMILES string of the molecule is CC(CCl)N(C)c1nc2ccccc2n1C. The topological polar surface area (TPSA) is 21.1 Å². The second kappa shape index (κ2) is 4.34. The van der Waals surface area contributed by atoms with Crippen LogP contribution in [0.2, 0.25) is 0 Å². The number of hydrogen-bond donors (Lipinski definition) is 0. The molecule has 1 aromatic carbocycles. The van der Waals surface area contributed by atoms with Gasteiger partial charge in [-0.2, -0.15) is 0 Å². The molecule has 2 rings (SSSR count). The number of halogens is 1. The van der Waals surface area contributed by atoms with Crippen LogP contribution in [0, 0.1) is 0 Å². The van der Waals surface area contributed by atoms with Gasteiger partial charge in [-0.15, -0.1) is 11.6 Å². The standard InChI is InChI=1S/C12H16ClN3/c1-9(8-13)15(2)12-14-10-6-4-5-7-11(10)16(12)3/h4-7,9H,8H2,1-3H3. The first-order valence-corrected chi connectivity index (χ1v) is 5.89. The first-order valence-electron chi connectivity index (χ1n) is 5.35. The van der Waals surface area contributed by atoms with E-state index >= 15 is 0 Å². The number of aryl methyl sites for hydroxylation is 1. The molecule has 3 nitrogen and oxygen atoms in total. The van der Waals surface area contributed by atoms with Crippen molar-refractivity contribution < 1.29 is 0 Å². The Bertz CT molecular complexity index is 492. The molecule has 1 unspecified atom stereocenters. The molecule has 0 radical (unpaired) electrons. The number of imidazole rings is 1. The Kier molecular flexibility index (Phi) is 3.06. The van der Waals surface area contributed by atoms with Crippen molar-refractivity contribution in [2.75, 3.05) is 17.8 Å². The Morgan fingerprint density at radius 1 is 1.44 bits per heavy atom. The van der Waals surface area contributed by atoms with Crippen molar-refractivity contribution in [3.8, 4) is 0 Å². The quantitative estimate of drug-likeness (QED) is 0.766. The van der Waals surface area contributed by atoms with Gasteiger partial charge in [0.2, 0.25) is 5.95 Å². The third-order valence-corrected chi connectivity index (χ3v) is 3.41. The van der Waals surface area contributed by atoms with Gasteiger partial charge in [-0.1, -0.05) is 12.1 Å². The number of aromatic nitrogens is 2. The molecule has 16 heavy (non-hydrogen) atoms. The molecular formula is C12H16ClN3. The molecule has 1 heterocycles. The van der Waals surface area contributed by atoms with Crippen LogP contribution in [0.5, 0.6) is 0 Å². The van der Waals surface area contributed by atoms with Crippen molar-refractivity contribution in [1.29, 1.82) is 0 Å². The van der Waals surface area contributed by atoms with Gasteiger partial charge in [0.15, 0.2) is 0 Å². The molecule has 0 aliphatic heterocycles. The third kappa shape index (κ3) is 1.76. The minimum Gasteiger partial charge on any atom is -0.341 e. The second-order valence-electron chi connectivity index (χ2n) is 4.07. The highest BCUT2D eigenvalue weighted by molar-refractivity contribution is 6.18. The van der Waals surface area contributed by atoms with E-state index in [-0.39, 0.29) is 6.04 Å². The number of rotatable bonds is 3. The van der Waals surface area contributed by atoms with Crippen LogP contribution in [-0.2, 0) is 7.05 Å². The highest BCUT2D eigenvalue weighted by Gasteiger charge is 2.15. The summed E-state index contributed by atoms with van der Waals surface area (Å²) in [7, 11) is 4.05. The highest BCUT2D eigenvalue weighted by Crippen LogP contribution is 2.21. The van der Waals surface area contributed by atoms with E-state index < -0.39 is 0 Å². The molecule has 86 valence electrons. The Morgan fingerprint density at radius 3 is 2.75 bits per heavy atom. The molecule has 1 atom stereocenters. The van der Waals surface area contributed by atoms with E-state index in [1.807, 2.05) is 32.3 Å². The molecule has 0 saturated carbocycles.